The number of benzene rings is 2. The molecule has 0 saturated heterocycles. The van der Waals surface area contributed by atoms with Gasteiger partial charge < -0.3 is 0 Å². The van der Waals surface area contributed by atoms with Crippen LogP contribution < -0.4 is 8.92 Å². The Morgan fingerprint density at radius 1 is 0.708 bits per heavy atom. The molecule has 0 radical (unpaired) electrons. The van der Waals surface area contributed by atoms with E-state index in [9.17, 15) is 3.83 Å². The van der Waals surface area contributed by atoms with E-state index in [-0.39, 0.29) is 0 Å². The first kappa shape index (κ1) is 15.7. The molecule has 0 N–H and O–H groups in total. The average molecular weight is 420 g/mol. The number of rotatable bonds is 2. The molecule has 0 aliphatic carbocycles. The topological polar surface area (TPSA) is 42.9 Å². The standard InChI is InChI=1S/C18H10Cl2N2OSe/c19-17-11-5-1-3-7-13(11)21-9-15(17)24(23)16-10-22-14-8-4-2-6-12(14)18(16)20/h1-10H. The fourth-order valence-electron chi connectivity index (χ4n) is 2.56. The van der Waals surface area contributed by atoms with Crippen molar-refractivity contribution < 1.29 is 3.83 Å². The Bertz CT molecular complexity index is 1030. The summed E-state index contributed by atoms with van der Waals surface area (Å²) in [6.45, 7) is 0. The summed E-state index contributed by atoms with van der Waals surface area (Å²) in [4.78, 5) is 8.73. The molecular weight excluding hydrogens is 410 g/mol. The SMILES string of the molecule is O=[Se](c1cnc2ccccc2c1Cl)c1cnc2ccccc2c1Cl. The van der Waals surface area contributed by atoms with E-state index in [1.165, 1.54) is 0 Å². The molecule has 2 aromatic carbocycles. The summed E-state index contributed by atoms with van der Waals surface area (Å²) in [7, 11) is 0. The quantitative estimate of drug-likeness (QED) is 0.466. The average Bonchev–Trinajstić information content (AvgIpc) is 2.62. The summed E-state index contributed by atoms with van der Waals surface area (Å²) in [5.74, 6) is 0. The number of hydrogen-bond acceptors (Lipinski definition) is 3. The van der Waals surface area contributed by atoms with Gasteiger partial charge in [-0.25, -0.2) is 0 Å². The zero-order valence-corrected chi connectivity index (χ0v) is 15.5. The Hall–Kier alpha value is -1.84. The Labute approximate surface area is 152 Å². The maximum atomic E-state index is 13.1. The molecule has 0 saturated carbocycles. The molecule has 6 heteroatoms. The molecule has 0 amide bonds. The number of aromatic nitrogens is 2. The van der Waals surface area contributed by atoms with Gasteiger partial charge >= 0.3 is 153 Å². The molecule has 4 aromatic rings. The van der Waals surface area contributed by atoms with Crippen LogP contribution in [0, 0.1) is 0 Å². The van der Waals surface area contributed by atoms with Gasteiger partial charge in [0.1, 0.15) is 0 Å². The van der Waals surface area contributed by atoms with Gasteiger partial charge in [0.05, 0.1) is 0 Å². The van der Waals surface area contributed by atoms with Gasteiger partial charge in [-0.1, -0.05) is 0 Å². The summed E-state index contributed by atoms with van der Waals surface area (Å²) in [6, 6.07) is 15.0. The third kappa shape index (κ3) is 2.52. The molecule has 2 aromatic heterocycles. The first-order valence-corrected chi connectivity index (χ1v) is 10.3. The van der Waals surface area contributed by atoms with Crippen molar-refractivity contribution >= 4 is 67.8 Å². The second-order valence-electron chi connectivity index (χ2n) is 5.18. The Balaban J connectivity index is 1.91. The van der Waals surface area contributed by atoms with Crippen molar-refractivity contribution in [2.75, 3.05) is 0 Å². The molecule has 0 spiro atoms. The van der Waals surface area contributed by atoms with E-state index in [0.29, 0.717) is 19.0 Å². The van der Waals surface area contributed by atoms with E-state index in [4.69, 9.17) is 23.2 Å². The van der Waals surface area contributed by atoms with E-state index in [1.54, 1.807) is 12.4 Å². The fourth-order valence-corrected chi connectivity index (χ4v) is 5.97. The third-order valence-corrected chi connectivity index (χ3v) is 8.05. The van der Waals surface area contributed by atoms with Gasteiger partial charge in [-0.3, -0.25) is 0 Å². The molecule has 0 atom stereocenters. The van der Waals surface area contributed by atoms with Gasteiger partial charge in [0, 0.05) is 0 Å². The van der Waals surface area contributed by atoms with Crippen LogP contribution in [0.4, 0.5) is 0 Å². The molecule has 0 bridgehead atoms. The maximum absolute atomic E-state index is 13.1. The van der Waals surface area contributed by atoms with Crippen LogP contribution in [0.2, 0.25) is 10.0 Å². The monoisotopic (exact) mass is 420 g/mol. The Morgan fingerprint density at radius 3 is 1.58 bits per heavy atom. The van der Waals surface area contributed by atoms with Crippen molar-refractivity contribution in [1.29, 1.82) is 0 Å². The number of hydrogen-bond donors (Lipinski definition) is 0. The molecule has 118 valence electrons. The van der Waals surface area contributed by atoms with E-state index >= 15 is 0 Å². The zero-order chi connectivity index (χ0) is 16.7. The van der Waals surface area contributed by atoms with Gasteiger partial charge in [-0.05, 0) is 0 Å². The van der Waals surface area contributed by atoms with Crippen LogP contribution in [-0.4, -0.2) is 23.8 Å². The van der Waals surface area contributed by atoms with Gasteiger partial charge in [0.2, 0.25) is 0 Å². The number of fused-ring (bicyclic) bond motifs is 2. The van der Waals surface area contributed by atoms with Crippen LogP contribution in [0.5, 0.6) is 0 Å². The van der Waals surface area contributed by atoms with Crippen LogP contribution in [0.25, 0.3) is 21.8 Å². The Kier molecular flexibility index (Phi) is 4.07. The predicted octanol–water partition coefficient (Wildman–Crippen LogP) is 3.63. The second kappa shape index (κ2) is 6.23. The van der Waals surface area contributed by atoms with Gasteiger partial charge in [0.25, 0.3) is 0 Å². The number of nitrogens with zero attached hydrogens (tertiary/aromatic N) is 2. The molecule has 0 fully saturated rings. The minimum absolute atomic E-state index is 0.463. The van der Waals surface area contributed by atoms with Crippen molar-refractivity contribution in [3.05, 3.63) is 71.0 Å². The van der Waals surface area contributed by atoms with E-state index in [1.807, 2.05) is 48.5 Å². The van der Waals surface area contributed by atoms with Crippen LogP contribution >= 0.6 is 23.2 Å². The van der Waals surface area contributed by atoms with E-state index < -0.39 is 13.8 Å². The summed E-state index contributed by atoms with van der Waals surface area (Å²) >= 11 is 10.3. The zero-order valence-electron chi connectivity index (χ0n) is 12.2. The number of para-hydroxylation sites is 2. The molecule has 2 heterocycles. The minimum atomic E-state index is -2.69. The summed E-state index contributed by atoms with van der Waals surface area (Å²) in [5, 5.41) is 2.49. The van der Waals surface area contributed by atoms with Crippen LogP contribution in [0.1, 0.15) is 0 Å². The first-order chi connectivity index (χ1) is 11.7. The Morgan fingerprint density at radius 2 is 1.12 bits per heavy atom. The molecule has 4 rings (SSSR count). The van der Waals surface area contributed by atoms with Crippen molar-refractivity contribution in [2.24, 2.45) is 0 Å². The van der Waals surface area contributed by atoms with Crippen molar-refractivity contribution in [2.45, 2.75) is 0 Å². The summed E-state index contributed by atoms with van der Waals surface area (Å²) < 4.78 is 14.2. The molecule has 0 aliphatic rings. The van der Waals surface area contributed by atoms with Crippen LogP contribution in [0.15, 0.2) is 60.9 Å². The van der Waals surface area contributed by atoms with E-state index in [2.05, 4.69) is 9.97 Å². The number of pyridine rings is 2. The van der Waals surface area contributed by atoms with Gasteiger partial charge in [0.15, 0.2) is 0 Å². The third-order valence-electron chi connectivity index (χ3n) is 3.75. The van der Waals surface area contributed by atoms with Gasteiger partial charge in [-0.2, -0.15) is 0 Å². The van der Waals surface area contributed by atoms with Crippen molar-refractivity contribution in [3.8, 4) is 0 Å². The van der Waals surface area contributed by atoms with Crippen LogP contribution in [-0.2, 0) is 3.83 Å². The van der Waals surface area contributed by atoms with E-state index in [0.717, 1.165) is 21.8 Å². The summed E-state index contributed by atoms with van der Waals surface area (Å²) in [6.07, 6.45) is 3.15. The molecular formula is C18H10Cl2N2OSe. The fraction of sp³-hybridized carbons (Fsp3) is 0. The number of halogens is 2. The van der Waals surface area contributed by atoms with Crippen molar-refractivity contribution in [1.82, 2.24) is 9.97 Å². The van der Waals surface area contributed by atoms with Gasteiger partial charge in [-0.15, -0.1) is 0 Å². The molecule has 3 nitrogen and oxygen atoms in total. The second-order valence-corrected chi connectivity index (χ2v) is 8.91. The van der Waals surface area contributed by atoms with Crippen LogP contribution in [0.3, 0.4) is 0 Å². The first-order valence-electron chi connectivity index (χ1n) is 7.15. The summed E-state index contributed by atoms with van der Waals surface area (Å²) in [5.41, 5.74) is 1.54. The van der Waals surface area contributed by atoms with Crippen molar-refractivity contribution in [3.63, 3.8) is 0 Å². The normalized spacial score (nSPS) is 11.5. The molecule has 24 heavy (non-hydrogen) atoms. The molecule has 0 unspecified atom stereocenters. The molecule has 0 aliphatic heterocycles. The predicted molar refractivity (Wildman–Crippen MR) is 99.2 cm³/mol.